The van der Waals surface area contributed by atoms with Gasteiger partial charge in [0.05, 0.1) is 12.8 Å². The molecule has 1 N–H and O–H groups in total. The van der Waals surface area contributed by atoms with Crippen LogP contribution in [0.4, 0.5) is 5.69 Å². The van der Waals surface area contributed by atoms with Gasteiger partial charge in [0, 0.05) is 11.6 Å². The molecule has 1 atom stereocenters. The standard InChI is InChI=1S/C27H26N4O2S/c1-18-13-16-23(33-2)22(17-18)28-26(32)24(19-9-5-3-6-10-19)34-27-30-29-25(20-14-15-20)31(27)21-11-7-4-8-12-21/h3-13,16-17,20,24H,14-15H2,1-2H3,(H,28,32)/t24-/m0/s1. The summed E-state index contributed by atoms with van der Waals surface area (Å²) < 4.78 is 7.57. The summed E-state index contributed by atoms with van der Waals surface area (Å²) in [6.45, 7) is 1.99. The zero-order valence-corrected chi connectivity index (χ0v) is 20.0. The Balaban J connectivity index is 1.51. The van der Waals surface area contributed by atoms with Crippen molar-refractivity contribution in [3.63, 3.8) is 0 Å². The van der Waals surface area contributed by atoms with Crippen molar-refractivity contribution in [2.24, 2.45) is 0 Å². The van der Waals surface area contributed by atoms with Crippen molar-refractivity contribution < 1.29 is 9.53 Å². The average molecular weight is 471 g/mol. The van der Waals surface area contributed by atoms with E-state index in [1.807, 2.05) is 73.7 Å². The second kappa shape index (κ2) is 9.73. The highest BCUT2D eigenvalue weighted by atomic mass is 32.2. The number of rotatable bonds is 8. The van der Waals surface area contributed by atoms with E-state index in [9.17, 15) is 4.79 Å². The molecule has 5 rings (SSSR count). The van der Waals surface area contributed by atoms with Crippen LogP contribution in [0.5, 0.6) is 5.75 Å². The van der Waals surface area contributed by atoms with E-state index in [0.29, 0.717) is 22.5 Å². The number of aryl methyl sites for hydroxylation is 1. The monoisotopic (exact) mass is 470 g/mol. The number of aromatic nitrogens is 3. The molecule has 172 valence electrons. The van der Waals surface area contributed by atoms with Crippen molar-refractivity contribution in [1.29, 1.82) is 0 Å². The van der Waals surface area contributed by atoms with Gasteiger partial charge in [-0.2, -0.15) is 0 Å². The van der Waals surface area contributed by atoms with Crippen molar-refractivity contribution in [3.8, 4) is 11.4 Å². The van der Waals surface area contributed by atoms with Gasteiger partial charge in [-0.05, 0) is 55.2 Å². The lowest BCUT2D eigenvalue weighted by Gasteiger charge is -2.19. The maximum atomic E-state index is 13.7. The third-order valence-electron chi connectivity index (χ3n) is 5.79. The van der Waals surface area contributed by atoms with Gasteiger partial charge in [0.2, 0.25) is 5.91 Å². The third kappa shape index (κ3) is 4.70. The predicted molar refractivity (Wildman–Crippen MR) is 135 cm³/mol. The summed E-state index contributed by atoms with van der Waals surface area (Å²) in [5, 5.41) is 12.3. The number of anilines is 1. The number of nitrogens with one attached hydrogen (secondary N) is 1. The first-order valence-electron chi connectivity index (χ1n) is 11.3. The Morgan fingerprint density at radius 3 is 2.41 bits per heavy atom. The summed E-state index contributed by atoms with van der Waals surface area (Å²) in [6.07, 6.45) is 2.23. The molecule has 1 amide bonds. The first-order chi connectivity index (χ1) is 16.6. The Morgan fingerprint density at radius 1 is 1.03 bits per heavy atom. The number of amides is 1. The van der Waals surface area contributed by atoms with E-state index < -0.39 is 5.25 Å². The van der Waals surface area contributed by atoms with Gasteiger partial charge in [0.25, 0.3) is 0 Å². The van der Waals surface area contributed by atoms with E-state index in [0.717, 1.165) is 35.5 Å². The van der Waals surface area contributed by atoms with E-state index in [2.05, 4.69) is 32.2 Å². The molecule has 0 aliphatic heterocycles. The van der Waals surface area contributed by atoms with Crippen LogP contribution in [-0.2, 0) is 4.79 Å². The van der Waals surface area contributed by atoms with Crippen LogP contribution < -0.4 is 10.1 Å². The molecule has 6 nitrogen and oxygen atoms in total. The quantitative estimate of drug-likeness (QED) is 0.323. The molecule has 0 spiro atoms. The van der Waals surface area contributed by atoms with Gasteiger partial charge >= 0.3 is 0 Å². The number of carbonyl (C=O) groups excluding carboxylic acids is 1. The summed E-state index contributed by atoms with van der Waals surface area (Å²) in [4.78, 5) is 13.7. The maximum absolute atomic E-state index is 13.7. The summed E-state index contributed by atoms with van der Waals surface area (Å²) in [6, 6.07) is 25.6. The molecule has 1 fully saturated rings. The van der Waals surface area contributed by atoms with Gasteiger partial charge in [0.1, 0.15) is 16.8 Å². The van der Waals surface area contributed by atoms with Crippen molar-refractivity contribution in [1.82, 2.24) is 14.8 Å². The lowest BCUT2D eigenvalue weighted by molar-refractivity contribution is -0.115. The van der Waals surface area contributed by atoms with Crippen LogP contribution in [0, 0.1) is 6.92 Å². The minimum Gasteiger partial charge on any atom is -0.495 e. The number of hydrogen-bond acceptors (Lipinski definition) is 5. The highest BCUT2D eigenvalue weighted by Gasteiger charge is 2.33. The van der Waals surface area contributed by atoms with Crippen LogP contribution in [0.25, 0.3) is 5.69 Å². The Hall–Kier alpha value is -3.58. The number of benzene rings is 3. The Morgan fingerprint density at radius 2 is 1.74 bits per heavy atom. The molecule has 1 aliphatic rings. The molecule has 4 aromatic rings. The number of nitrogens with zero attached hydrogens (tertiary/aromatic N) is 3. The molecule has 0 radical (unpaired) electrons. The van der Waals surface area contributed by atoms with E-state index in [1.54, 1.807) is 7.11 Å². The fourth-order valence-corrected chi connectivity index (χ4v) is 4.97. The van der Waals surface area contributed by atoms with E-state index in [4.69, 9.17) is 4.74 Å². The maximum Gasteiger partial charge on any atom is 0.242 e. The average Bonchev–Trinajstić information content (AvgIpc) is 3.63. The zero-order chi connectivity index (χ0) is 23.5. The van der Waals surface area contributed by atoms with Gasteiger partial charge in [-0.1, -0.05) is 66.4 Å². The molecule has 1 aromatic heterocycles. The van der Waals surface area contributed by atoms with Gasteiger partial charge in [-0.3, -0.25) is 9.36 Å². The first kappa shape index (κ1) is 22.2. The second-order valence-corrected chi connectivity index (χ2v) is 9.46. The highest BCUT2D eigenvalue weighted by Crippen LogP contribution is 2.43. The number of para-hydroxylation sites is 1. The molecule has 0 unspecified atom stereocenters. The predicted octanol–water partition coefficient (Wildman–Crippen LogP) is 5.93. The van der Waals surface area contributed by atoms with Gasteiger partial charge in [0.15, 0.2) is 5.16 Å². The molecule has 34 heavy (non-hydrogen) atoms. The smallest absolute Gasteiger partial charge is 0.242 e. The van der Waals surface area contributed by atoms with Crippen molar-refractivity contribution in [3.05, 3.63) is 95.8 Å². The van der Waals surface area contributed by atoms with Crippen LogP contribution in [-0.4, -0.2) is 27.8 Å². The van der Waals surface area contributed by atoms with Gasteiger partial charge in [-0.25, -0.2) is 0 Å². The van der Waals surface area contributed by atoms with Crippen LogP contribution in [0.2, 0.25) is 0 Å². The van der Waals surface area contributed by atoms with Crippen LogP contribution >= 0.6 is 11.8 Å². The Kier molecular flexibility index (Phi) is 6.36. The Bertz CT molecular complexity index is 1290. The number of thioether (sulfide) groups is 1. The zero-order valence-electron chi connectivity index (χ0n) is 19.1. The molecule has 1 heterocycles. The van der Waals surface area contributed by atoms with Crippen LogP contribution in [0.1, 0.15) is 41.0 Å². The number of hydrogen-bond donors (Lipinski definition) is 1. The molecule has 1 saturated carbocycles. The van der Waals surface area contributed by atoms with E-state index >= 15 is 0 Å². The topological polar surface area (TPSA) is 69.0 Å². The normalized spacial score (nSPS) is 13.9. The second-order valence-electron chi connectivity index (χ2n) is 8.39. The SMILES string of the molecule is COc1ccc(C)cc1NC(=O)[C@@H](Sc1nnc(C2CC2)n1-c1ccccc1)c1ccccc1. The molecular weight excluding hydrogens is 444 g/mol. The minimum atomic E-state index is -0.523. The molecule has 1 aliphatic carbocycles. The first-order valence-corrected chi connectivity index (χ1v) is 12.2. The fourth-order valence-electron chi connectivity index (χ4n) is 3.91. The fraction of sp³-hybridized carbons (Fsp3) is 0.222. The number of methoxy groups -OCH3 is 1. The molecule has 0 bridgehead atoms. The number of ether oxygens (including phenoxy) is 1. The lowest BCUT2D eigenvalue weighted by atomic mass is 10.1. The molecule has 7 heteroatoms. The van der Waals surface area contributed by atoms with Crippen molar-refractivity contribution in [2.45, 2.75) is 36.1 Å². The highest BCUT2D eigenvalue weighted by molar-refractivity contribution is 8.00. The number of carbonyl (C=O) groups is 1. The molecule has 0 saturated heterocycles. The summed E-state index contributed by atoms with van der Waals surface area (Å²) in [7, 11) is 1.60. The summed E-state index contributed by atoms with van der Waals surface area (Å²) in [5.74, 6) is 1.86. The summed E-state index contributed by atoms with van der Waals surface area (Å²) in [5.41, 5.74) is 3.59. The van der Waals surface area contributed by atoms with Crippen molar-refractivity contribution in [2.75, 3.05) is 12.4 Å². The molecule has 3 aromatic carbocycles. The van der Waals surface area contributed by atoms with Crippen LogP contribution in [0.15, 0.2) is 84.0 Å². The Labute approximate surface area is 203 Å². The lowest BCUT2D eigenvalue weighted by Crippen LogP contribution is -2.20. The molecular formula is C27H26N4O2S. The van der Waals surface area contributed by atoms with E-state index in [-0.39, 0.29) is 5.91 Å². The summed E-state index contributed by atoms with van der Waals surface area (Å²) >= 11 is 1.41. The largest absolute Gasteiger partial charge is 0.495 e. The van der Waals surface area contributed by atoms with Gasteiger partial charge in [-0.15, -0.1) is 10.2 Å². The third-order valence-corrected chi connectivity index (χ3v) is 6.99. The van der Waals surface area contributed by atoms with Gasteiger partial charge < -0.3 is 10.1 Å². The minimum absolute atomic E-state index is 0.143. The van der Waals surface area contributed by atoms with Crippen molar-refractivity contribution >= 4 is 23.4 Å². The van der Waals surface area contributed by atoms with Crippen LogP contribution in [0.3, 0.4) is 0 Å². The van der Waals surface area contributed by atoms with E-state index in [1.165, 1.54) is 11.8 Å².